The van der Waals surface area contributed by atoms with Gasteiger partial charge in [-0.15, -0.1) is 0 Å². The van der Waals surface area contributed by atoms with Crippen molar-refractivity contribution in [1.29, 1.82) is 0 Å². The summed E-state index contributed by atoms with van der Waals surface area (Å²) in [6, 6.07) is 10.0. The van der Waals surface area contributed by atoms with Crippen LogP contribution in [0.15, 0.2) is 60.0 Å². The zero-order valence-electron chi connectivity index (χ0n) is 13.1. The molecule has 8 heteroatoms. The molecular weight excluding hydrogens is 351 g/mol. The average molecular weight is 365 g/mol. The number of thioether (sulfide) groups is 1. The second kappa shape index (κ2) is 6.79. The van der Waals surface area contributed by atoms with Crippen molar-refractivity contribution in [1.82, 2.24) is 9.38 Å². The Kier molecular flexibility index (Phi) is 4.71. The molecule has 3 rings (SSSR count). The molecule has 2 aromatic heterocycles. The number of carbonyl (C=O) groups excluding carboxylic acids is 1. The first kappa shape index (κ1) is 17.3. The van der Waals surface area contributed by atoms with Crippen molar-refractivity contribution in [3.63, 3.8) is 0 Å². The van der Waals surface area contributed by atoms with Gasteiger partial charge in [-0.2, -0.15) is 13.2 Å². The van der Waals surface area contributed by atoms with Crippen molar-refractivity contribution in [2.75, 3.05) is 5.32 Å². The summed E-state index contributed by atoms with van der Waals surface area (Å²) in [5.41, 5.74) is 0.482. The first-order chi connectivity index (χ1) is 11.8. The van der Waals surface area contributed by atoms with Gasteiger partial charge in [-0.25, -0.2) is 4.98 Å². The summed E-state index contributed by atoms with van der Waals surface area (Å²) in [6.45, 7) is 1.72. The van der Waals surface area contributed by atoms with E-state index in [1.165, 1.54) is 23.9 Å². The molecule has 1 aromatic carbocycles. The number of anilines is 1. The molecule has 0 aliphatic rings. The predicted molar refractivity (Wildman–Crippen MR) is 90.6 cm³/mol. The lowest BCUT2D eigenvalue weighted by molar-refractivity contribution is -0.137. The zero-order chi connectivity index (χ0) is 18.0. The van der Waals surface area contributed by atoms with Crippen LogP contribution in [0.2, 0.25) is 0 Å². The standard InChI is InChI=1S/C17H14F3N3OS/c1-11(25-16-21-10-14-4-2-3-9-23(14)16)15(24)22-13-7-5-12(6-8-13)17(18,19)20/h2-11H,1H3,(H,22,24). The highest BCUT2D eigenvalue weighted by Gasteiger charge is 2.30. The summed E-state index contributed by atoms with van der Waals surface area (Å²) in [5, 5.41) is 2.82. The van der Waals surface area contributed by atoms with Gasteiger partial charge < -0.3 is 5.32 Å². The lowest BCUT2D eigenvalue weighted by atomic mass is 10.2. The van der Waals surface area contributed by atoms with Gasteiger partial charge in [0.15, 0.2) is 5.16 Å². The van der Waals surface area contributed by atoms with Gasteiger partial charge in [0.1, 0.15) is 0 Å². The quantitative estimate of drug-likeness (QED) is 0.694. The van der Waals surface area contributed by atoms with E-state index < -0.39 is 17.0 Å². The Labute approximate surface area is 146 Å². The molecule has 130 valence electrons. The number of halogens is 3. The topological polar surface area (TPSA) is 46.4 Å². The van der Waals surface area contributed by atoms with Gasteiger partial charge in [-0.1, -0.05) is 17.8 Å². The Bertz CT molecular complexity index is 890. The van der Waals surface area contributed by atoms with E-state index in [2.05, 4.69) is 10.3 Å². The molecule has 0 fully saturated rings. The fourth-order valence-corrected chi connectivity index (χ4v) is 3.08. The third-order valence-corrected chi connectivity index (χ3v) is 4.62. The Morgan fingerprint density at radius 2 is 1.92 bits per heavy atom. The first-order valence-corrected chi connectivity index (χ1v) is 8.29. The largest absolute Gasteiger partial charge is 0.416 e. The number of pyridine rings is 1. The average Bonchev–Trinajstić information content (AvgIpc) is 2.97. The molecule has 4 nitrogen and oxygen atoms in total. The summed E-state index contributed by atoms with van der Waals surface area (Å²) in [4.78, 5) is 16.5. The van der Waals surface area contributed by atoms with Gasteiger partial charge >= 0.3 is 6.18 Å². The van der Waals surface area contributed by atoms with Crippen molar-refractivity contribution < 1.29 is 18.0 Å². The van der Waals surface area contributed by atoms with Crippen molar-refractivity contribution in [3.05, 3.63) is 60.4 Å². The smallest absolute Gasteiger partial charge is 0.325 e. The van der Waals surface area contributed by atoms with Crippen LogP contribution < -0.4 is 5.32 Å². The third-order valence-electron chi connectivity index (χ3n) is 3.54. The second-order valence-electron chi connectivity index (χ2n) is 5.36. The van der Waals surface area contributed by atoms with Gasteiger partial charge in [0.05, 0.1) is 22.5 Å². The van der Waals surface area contributed by atoms with Crippen molar-refractivity contribution >= 4 is 28.9 Å². The van der Waals surface area contributed by atoms with Crippen molar-refractivity contribution in [3.8, 4) is 0 Å². The normalized spacial score (nSPS) is 13.0. The summed E-state index contributed by atoms with van der Waals surface area (Å²) < 4.78 is 39.5. The van der Waals surface area contributed by atoms with E-state index in [1.54, 1.807) is 13.1 Å². The summed E-state index contributed by atoms with van der Waals surface area (Å²) in [7, 11) is 0. The van der Waals surface area contributed by atoms with E-state index in [0.717, 1.165) is 17.6 Å². The zero-order valence-corrected chi connectivity index (χ0v) is 13.9. The number of hydrogen-bond donors (Lipinski definition) is 1. The van der Waals surface area contributed by atoms with Gasteiger partial charge in [0, 0.05) is 11.9 Å². The summed E-state index contributed by atoms with van der Waals surface area (Å²) in [6.07, 6.45) is -0.832. The Hall–Kier alpha value is -2.48. The SMILES string of the molecule is CC(Sc1ncc2ccccn12)C(=O)Nc1ccc(C(F)(F)F)cc1. The maximum atomic E-state index is 12.5. The summed E-state index contributed by atoms with van der Waals surface area (Å²) >= 11 is 1.27. The van der Waals surface area contributed by atoms with Gasteiger partial charge in [-0.3, -0.25) is 9.20 Å². The van der Waals surface area contributed by atoms with E-state index in [-0.39, 0.29) is 5.91 Å². The monoisotopic (exact) mass is 365 g/mol. The van der Waals surface area contributed by atoms with Crippen LogP contribution in [0.1, 0.15) is 12.5 Å². The number of hydrogen-bond acceptors (Lipinski definition) is 3. The molecule has 0 aliphatic carbocycles. The van der Waals surface area contributed by atoms with Crippen LogP contribution in [0.5, 0.6) is 0 Å². The molecule has 0 radical (unpaired) electrons. The number of nitrogens with zero attached hydrogens (tertiary/aromatic N) is 2. The molecule has 0 spiro atoms. The van der Waals surface area contributed by atoms with Crippen LogP contribution in [-0.4, -0.2) is 20.5 Å². The number of amides is 1. The van der Waals surface area contributed by atoms with Crippen LogP contribution in [0.25, 0.3) is 5.52 Å². The lowest BCUT2D eigenvalue weighted by Gasteiger charge is -2.12. The van der Waals surface area contributed by atoms with Gasteiger partial charge in [0.25, 0.3) is 0 Å². The van der Waals surface area contributed by atoms with Crippen LogP contribution in [-0.2, 0) is 11.0 Å². The van der Waals surface area contributed by atoms with E-state index in [4.69, 9.17) is 0 Å². The van der Waals surface area contributed by atoms with E-state index in [0.29, 0.717) is 10.8 Å². The highest BCUT2D eigenvalue weighted by atomic mass is 32.2. The molecule has 0 saturated carbocycles. The maximum absolute atomic E-state index is 12.5. The first-order valence-electron chi connectivity index (χ1n) is 7.41. The van der Waals surface area contributed by atoms with E-state index in [1.807, 2.05) is 28.8 Å². The lowest BCUT2D eigenvalue weighted by Crippen LogP contribution is -2.22. The molecule has 1 unspecified atom stereocenters. The minimum Gasteiger partial charge on any atom is -0.325 e. The fraction of sp³-hybridized carbons (Fsp3) is 0.176. The van der Waals surface area contributed by atoms with Crippen LogP contribution in [0.4, 0.5) is 18.9 Å². The molecule has 1 atom stereocenters. The number of fused-ring (bicyclic) bond motifs is 1. The molecule has 25 heavy (non-hydrogen) atoms. The molecule has 1 N–H and O–H groups in total. The Morgan fingerprint density at radius 3 is 2.60 bits per heavy atom. The Balaban J connectivity index is 1.66. The number of alkyl halides is 3. The Morgan fingerprint density at radius 1 is 1.20 bits per heavy atom. The highest BCUT2D eigenvalue weighted by molar-refractivity contribution is 8.00. The van der Waals surface area contributed by atoms with Crippen LogP contribution >= 0.6 is 11.8 Å². The van der Waals surface area contributed by atoms with Crippen molar-refractivity contribution in [2.45, 2.75) is 23.5 Å². The number of nitrogens with one attached hydrogen (secondary N) is 1. The van der Waals surface area contributed by atoms with E-state index >= 15 is 0 Å². The number of rotatable bonds is 4. The van der Waals surface area contributed by atoms with Gasteiger partial charge in [0.2, 0.25) is 5.91 Å². The van der Waals surface area contributed by atoms with Crippen LogP contribution in [0, 0.1) is 0 Å². The third kappa shape index (κ3) is 3.96. The molecule has 0 aliphatic heterocycles. The van der Waals surface area contributed by atoms with E-state index in [9.17, 15) is 18.0 Å². The van der Waals surface area contributed by atoms with Gasteiger partial charge in [-0.05, 0) is 43.3 Å². The molecule has 1 amide bonds. The fourth-order valence-electron chi connectivity index (χ4n) is 2.20. The minimum atomic E-state index is -4.40. The highest BCUT2D eigenvalue weighted by Crippen LogP contribution is 2.30. The molecule has 0 saturated heterocycles. The number of imidazole rings is 1. The van der Waals surface area contributed by atoms with Crippen LogP contribution in [0.3, 0.4) is 0 Å². The predicted octanol–water partition coefficient (Wildman–Crippen LogP) is 4.47. The minimum absolute atomic E-state index is 0.308. The number of carbonyl (C=O) groups is 1. The summed E-state index contributed by atoms with van der Waals surface area (Å²) in [5.74, 6) is -0.308. The number of benzene rings is 1. The number of aromatic nitrogens is 2. The molecule has 2 heterocycles. The molecular formula is C17H14F3N3OS. The second-order valence-corrected chi connectivity index (χ2v) is 6.67. The molecule has 0 bridgehead atoms. The molecule has 3 aromatic rings. The van der Waals surface area contributed by atoms with Crippen molar-refractivity contribution in [2.24, 2.45) is 0 Å². The maximum Gasteiger partial charge on any atom is 0.416 e.